The third-order valence-electron chi connectivity index (χ3n) is 4.59. The lowest BCUT2D eigenvalue weighted by atomic mass is 9.92. The van der Waals surface area contributed by atoms with Crippen LogP contribution in [0, 0.1) is 0 Å². The van der Waals surface area contributed by atoms with Crippen molar-refractivity contribution in [2.45, 2.75) is 12.6 Å². The fraction of sp³-hybridized carbons (Fsp3) is 0.238. The van der Waals surface area contributed by atoms with E-state index in [0.29, 0.717) is 0 Å². The van der Waals surface area contributed by atoms with Crippen LogP contribution in [0.4, 0.5) is 0 Å². The molecule has 1 aliphatic rings. The summed E-state index contributed by atoms with van der Waals surface area (Å²) in [5.41, 5.74) is 3.88. The lowest BCUT2D eigenvalue weighted by Gasteiger charge is -2.29. The number of nitrogens with zero attached hydrogens (tertiary/aromatic N) is 1. The maximum atomic E-state index is 6.27. The molecule has 1 heterocycles. The van der Waals surface area contributed by atoms with E-state index in [1.54, 1.807) is 0 Å². The number of hydrogen-bond donors (Lipinski definition) is 0. The Morgan fingerprint density at radius 2 is 1.61 bits per heavy atom. The molecule has 0 saturated carbocycles. The maximum absolute atomic E-state index is 6.27. The zero-order valence-corrected chi connectivity index (χ0v) is 13.4. The molecule has 2 nitrogen and oxygen atoms in total. The van der Waals surface area contributed by atoms with Crippen molar-refractivity contribution in [3.05, 3.63) is 83.4 Å². The molecule has 3 aromatic carbocycles. The second kappa shape index (κ2) is 6.15. The number of hydrogen-bond acceptors (Lipinski definition) is 2. The summed E-state index contributed by atoms with van der Waals surface area (Å²) in [6, 6.07) is 23.8. The van der Waals surface area contributed by atoms with E-state index in [1.807, 2.05) is 0 Å². The highest BCUT2D eigenvalue weighted by Crippen LogP contribution is 2.33. The third-order valence-corrected chi connectivity index (χ3v) is 4.59. The topological polar surface area (TPSA) is 12.5 Å². The van der Waals surface area contributed by atoms with Crippen LogP contribution in [0.25, 0.3) is 10.8 Å². The van der Waals surface area contributed by atoms with E-state index in [1.165, 1.54) is 27.5 Å². The standard InChI is InChI=1S/C21H21NO/c1-22-11-12-23-21(16-7-3-2-4-8-16)20-14-18-10-6-5-9-17(18)13-19(20)15-22/h2-10,13-14,21H,11-12,15H2,1H3. The zero-order chi connectivity index (χ0) is 15.6. The van der Waals surface area contributed by atoms with Gasteiger partial charge in [-0.15, -0.1) is 0 Å². The van der Waals surface area contributed by atoms with Crippen molar-refractivity contribution in [2.75, 3.05) is 20.2 Å². The van der Waals surface area contributed by atoms with Crippen LogP contribution >= 0.6 is 0 Å². The molecular formula is C21H21NO. The highest BCUT2D eigenvalue weighted by molar-refractivity contribution is 5.84. The van der Waals surface area contributed by atoms with Gasteiger partial charge < -0.3 is 4.74 Å². The van der Waals surface area contributed by atoms with Crippen LogP contribution in [0.5, 0.6) is 0 Å². The fourth-order valence-corrected chi connectivity index (χ4v) is 3.38. The van der Waals surface area contributed by atoms with Crippen molar-refractivity contribution in [1.29, 1.82) is 0 Å². The number of likely N-dealkylation sites (N-methyl/N-ethyl adjacent to an activating group) is 1. The van der Waals surface area contributed by atoms with Gasteiger partial charge >= 0.3 is 0 Å². The summed E-state index contributed by atoms with van der Waals surface area (Å²) >= 11 is 0. The van der Waals surface area contributed by atoms with Crippen LogP contribution in [-0.4, -0.2) is 25.1 Å². The lowest BCUT2D eigenvalue weighted by molar-refractivity contribution is 0.0555. The van der Waals surface area contributed by atoms with Gasteiger partial charge in [0.15, 0.2) is 0 Å². The minimum Gasteiger partial charge on any atom is -0.367 e. The molecule has 0 amide bonds. The summed E-state index contributed by atoms with van der Waals surface area (Å²) in [5.74, 6) is 0. The largest absolute Gasteiger partial charge is 0.367 e. The first-order chi connectivity index (χ1) is 11.3. The third kappa shape index (κ3) is 2.88. The summed E-state index contributed by atoms with van der Waals surface area (Å²) in [4.78, 5) is 2.33. The second-order valence-corrected chi connectivity index (χ2v) is 6.30. The number of ether oxygens (including phenoxy) is 1. The van der Waals surface area contributed by atoms with E-state index in [-0.39, 0.29) is 6.10 Å². The minimum absolute atomic E-state index is 0.0181. The highest BCUT2D eigenvalue weighted by Gasteiger charge is 2.22. The molecule has 1 aliphatic heterocycles. The van der Waals surface area contributed by atoms with Crippen LogP contribution < -0.4 is 0 Å². The summed E-state index contributed by atoms with van der Waals surface area (Å²) in [5, 5.41) is 2.58. The molecule has 2 heteroatoms. The Morgan fingerprint density at radius 3 is 2.39 bits per heavy atom. The second-order valence-electron chi connectivity index (χ2n) is 6.30. The minimum atomic E-state index is 0.0181. The van der Waals surface area contributed by atoms with E-state index < -0.39 is 0 Å². The van der Waals surface area contributed by atoms with Crippen LogP contribution in [0.1, 0.15) is 22.8 Å². The molecule has 0 saturated heterocycles. The van der Waals surface area contributed by atoms with Gasteiger partial charge in [0, 0.05) is 13.1 Å². The molecule has 23 heavy (non-hydrogen) atoms. The van der Waals surface area contributed by atoms with Gasteiger partial charge in [0.25, 0.3) is 0 Å². The summed E-state index contributed by atoms with van der Waals surface area (Å²) in [6.07, 6.45) is 0.0181. The molecular weight excluding hydrogens is 282 g/mol. The monoisotopic (exact) mass is 303 g/mol. The first-order valence-corrected chi connectivity index (χ1v) is 8.18. The van der Waals surface area contributed by atoms with Crippen LogP contribution in [-0.2, 0) is 11.3 Å². The maximum Gasteiger partial charge on any atom is 0.108 e. The number of fused-ring (bicyclic) bond motifs is 2. The molecule has 0 bridgehead atoms. The lowest BCUT2D eigenvalue weighted by Crippen LogP contribution is -2.27. The molecule has 0 spiro atoms. The SMILES string of the molecule is CN1CCOC(c2ccccc2)c2cc3ccccc3cc2C1. The Morgan fingerprint density at radius 1 is 0.913 bits per heavy atom. The predicted molar refractivity (Wildman–Crippen MR) is 94.5 cm³/mol. The molecule has 1 atom stereocenters. The van der Waals surface area contributed by atoms with E-state index in [4.69, 9.17) is 4.74 Å². The van der Waals surface area contributed by atoms with E-state index in [9.17, 15) is 0 Å². The molecule has 3 aromatic rings. The molecule has 0 aromatic heterocycles. The Bertz CT molecular complexity index is 812. The van der Waals surface area contributed by atoms with E-state index in [2.05, 4.69) is 78.7 Å². The number of benzene rings is 3. The van der Waals surface area contributed by atoms with Gasteiger partial charge in [-0.2, -0.15) is 0 Å². The van der Waals surface area contributed by atoms with Crippen molar-refractivity contribution in [2.24, 2.45) is 0 Å². The molecule has 1 unspecified atom stereocenters. The van der Waals surface area contributed by atoms with Crippen molar-refractivity contribution in [3.8, 4) is 0 Å². The van der Waals surface area contributed by atoms with Gasteiger partial charge in [0.2, 0.25) is 0 Å². The van der Waals surface area contributed by atoms with Gasteiger partial charge in [-0.25, -0.2) is 0 Å². The fourth-order valence-electron chi connectivity index (χ4n) is 3.38. The summed E-state index contributed by atoms with van der Waals surface area (Å²) in [6.45, 7) is 2.67. The highest BCUT2D eigenvalue weighted by atomic mass is 16.5. The average Bonchev–Trinajstić information content (AvgIpc) is 2.58. The molecule has 4 rings (SSSR count). The first kappa shape index (κ1) is 14.4. The Balaban J connectivity index is 1.90. The first-order valence-electron chi connectivity index (χ1n) is 8.18. The predicted octanol–water partition coefficient (Wildman–Crippen LogP) is 4.39. The average molecular weight is 303 g/mol. The van der Waals surface area contributed by atoms with Gasteiger partial charge in [0.05, 0.1) is 6.61 Å². The van der Waals surface area contributed by atoms with Crippen molar-refractivity contribution in [1.82, 2.24) is 4.90 Å². The van der Waals surface area contributed by atoms with Crippen molar-refractivity contribution in [3.63, 3.8) is 0 Å². The Labute approximate surface area is 137 Å². The normalized spacial score (nSPS) is 19.1. The van der Waals surface area contributed by atoms with Crippen molar-refractivity contribution < 1.29 is 4.74 Å². The quantitative estimate of drug-likeness (QED) is 0.661. The molecule has 0 radical (unpaired) electrons. The molecule has 0 fully saturated rings. The van der Waals surface area contributed by atoms with Gasteiger partial charge in [-0.05, 0) is 46.6 Å². The molecule has 0 N–H and O–H groups in total. The summed E-state index contributed by atoms with van der Waals surface area (Å²) in [7, 11) is 2.16. The van der Waals surface area contributed by atoms with Crippen molar-refractivity contribution >= 4 is 10.8 Å². The summed E-state index contributed by atoms with van der Waals surface area (Å²) < 4.78 is 6.27. The Kier molecular flexibility index (Phi) is 3.86. The molecule has 0 aliphatic carbocycles. The zero-order valence-electron chi connectivity index (χ0n) is 13.4. The van der Waals surface area contributed by atoms with Crippen LogP contribution in [0.15, 0.2) is 66.7 Å². The smallest absolute Gasteiger partial charge is 0.108 e. The van der Waals surface area contributed by atoms with Crippen LogP contribution in [0.3, 0.4) is 0 Å². The van der Waals surface area contributed by atoms with Gasteiger partial charge in [-0.1, -0.05) is 54.6 Å². The van der Waals surface area contributed by atoms with E-state index >= 15 is 0 Å². The number of rotatable bonds is 1. The van der Waals surface area contributed by atoms with Crippen LogP contribution in [0.2, 0.25) is 0 Å². The van der Waals surface area contributed by atoms with Gasteiger partial charge in [0.1, 0.15) is 6.10 Å². The van der Waals surface area contributed by atoms with E-state index in [0.717, 1.165) is 19.7 Å². The van der Waals surface area contributed by atoms with Gasteiger partial charge in [-0.3, -0.25) is 4.90 Å². The Hall–Kier alpha value is -2.16. The molecule has 116 valence electrons.